The number of rotatable bonds is 6. The van der Waals surface area contributed by atoms with Crippen LogP contribution in [-0.2, 0) is 26.6 Å². The smallest absolute Gasteiger partial charge is 0.355 e. The molecule has 0 radical (unpaired) electrons. The fourth-order valence-corrected chi connectivity index (χ4v) is 3.37. The standard InChI is InChI=1S/C14H16F3NO3S/c15-14(16,17)12-4-2-1-3-11(12)8-22(20,21)9-13(19)18-7-10-5-6-10/h1-4,10H,5-9H2,(H,18,19). The minimum Gasteiger partial charge on any atom is -0.355 e. The number of carbonyl (C=O) groups excluding carboxylic acids is 1. The lowest BCUT2D eigenvalue weighted by molar-refractivity contribution is -0.138. The number of sulfone groups is 1. The molecular weight excluding hydrogens is 319 g/mol. The van der Waals surface area contributed by atoms with Crippen LogP contribution in [0.15, 0.2) is 24.3 Å². The number of alkyl halides is 3. The zero-order valence-corrected chi connectivity index (χ0v) is 12.5. The van der Waals surface area contributed by atoms with Gasteiger partial charge in [0.15, 0.2) is 9.84 Å². The molecule has 1 saturated carbocycles. The van der Waals surface area contributed by atoms with Crippen LogP contribution in [0.4, 0.5) is 13.2 Å². The maximum Gasteiger partial charge on any atom is 0.416 e. The lowest BCUT2D eigenvalue weighted by Gasteiger charge is -2.12. The zero-order valence-electron chi connectivity index (χ0n) is 11.7. The normalized spacial score (nSPS) is 15.6. The monoisotopic (exact) mass is 335 g/mol. The molecule has 0 aliphatic heterocycles. The SMILES string of the molecule is O=C(CS(=O)(=O)Cc1ccccc1C(F)(F)F)NCC1CC1. The molecule has 122 valence electrons. The van der Waals surface area contributed by atoms with Crippen LogP contribution >= 0.6 is 0 Å². The molecule has 1 N–H and O–H groups in total. The molecule has 0 saturated heterocycles. The highest BCUT2D eigenvalue weighted by Gasteiger charge is 2.34. The fraction of sp³-hybridized carbons (Fsp3) is 0.500. The van der Waals surface area contributed by atoms with Crippen molar-refractivity contribution < 1.29 is 26.4 Å². The number of amides is 1. The quantitative estimate of drug-likeness (QED) is 0.866. The summed E-state index contributed by atoms with van der Waals surface area (Å²) in [7, 11) is -3.96. The molecule has 0 heterocycles. The van der Waals surface area contributed by atoms with Crippen molar-refractivity contribution in [1.29, 1.82) is 0 Å². The maximum absolute atomic E-state index is 12.8. The second-order valence-corrected chi connectivity index (χ2v) is 7.50. The molecule has 22 heavy (non-hydrogen) atoms. The van der Waals surface area contributed by atoms with Crippen LogP contribution in [0.25, 0.3) is 0 Å². The van der Waals surface area contributed by atoms with Gasteiger partial charge in [-0.1, -0.05) is 18.2 Å². The van der Waals surface area contributed by atoms with Gasteiger partial charge in [-0.15, -0.1) is 0 Å². The van der Waals surface area contributed by atoms with E-state index in [4.69, 9.17) is 0 Å². The molecule has 2 rings (SSSR count). The summed E-state index contributed by atoms with van der Waals surface area (Å²) in [6.07, 6.45) is -2.61. The number of carbonyl (C=O) groups is 1. The van der Waals surface area contributed by atoms with E-state index in [1.807, 2.05) is 0 Å². The summed E-state index contributed by atoms with van der Waals surface area (Å²) in [5.41, 5.74) is -1.33. The van der Waals surface area contributed by atoms with Crippen molar-refractivity contribution >= 4 is 15.7 Å². The average Bonchev–Trinajstić information content (AvgIpc) is 3.18. The molecule has 0 aromatic heterocycles. The van der Waals surface area contributed by atoms with Gasteiger partial charge in [0.1, 0.15) is 5.75 Å². The molecule has 1 amide bonds. The van der Waals surface area contributed by atoms with Gasteiger partial charge in [0.25, 0.3) is 0 Å². The first-order chi connectivity index (χ1) is 10.2. The van der Waals surface area contributed by atoms with Gasteiger partial charge in [0, 0.05) is 6.54 Å². The van der Waals surface area contributed by atoms with Crippen molar-refractivity contribution in [3.63, 3.8) is 0 Å². The molecule has 4 nitrogen and oxygen atoms in total. The van der Waals surface area contributed by atoms with Gasteiger partial charge in [0.2, 0.25) is 5.91 Å². The van der Waals surface area contributed by atoms with Crippen molar-refractivity contribution in [2.75, 3.05) is 12.3 Å². The van der Waals surface area contributed by atoms with E-state index in [2.05, 4.69) is 5.32 Å². The third-order valence-corrected chi connectivity index (χ3v) is 4.79. The molecule has 1 aliphatic carbocycles. The summed E-state index contributed by atoms with van der Waals surface area (Å²) < 4.78 is 62.3. The van der Waals surface area contributed by atoms with Crippen LogP contribution < -0.4 is 5.32 Å². The van der Waals surface area contributed by atoms with Crippen molar-refractivity contribution in [3.8, 4) is 0 Å². The summed E-state index contributed by atoms with van der Waals surface area (Å²) in [5, 5.41) is 2.49. The molecular formula is C14H16F3NO3S. The van der Waals surface area contributed by atoms with Crippen molar-refractivity contribution in [2.45, 2.75) is 24.8 Å². The highest BCUT2D eigenvalue weighted by Crippen LogP contribution is 2.32. The van der Waals surface area contributed by atoms with Gasteiger partial charge < -0.3 is 5.32 Å². The second kappa shape index (κ2) is 6.28. The Kier molecular flexibility index (Phi) is 4.79. The molecule has 0 atom stereocenters. The molecule has 8 heteroatoms. The minimum absolute atomic E-state index is 0.343. The lowest BCUT2D eigenvalue weighted by Crippen LogP contribution is -2.32. The molecule has 1 aliphatic rings. The van der Waals surface area contributed by atoms with Crippen molar-refractivity contribution in [2.24, 2.45) is 5.92 Å². The molecule has 1 fully saturated rings. The summed E-state index contributed by atoms with van der Waals surface area (Å²) in [5.74, 6) is -1.88. The number of halogens is 3. The van der Waals surface area contributed by atoms with E-state index in [0.29, 0.717) is 12.5 Å². The van der Waals surface area contributed by atoms with Crippen LogP contribution in [0.1, 0.15) is 24.0 Å². The van der Waals surface area contributed by atoms with E-state index in [-0.39, 0.29) is 5.56 Å². The average molecular weight is 335 g/mol. The number of hydrogen-bond donors (Lipinski definition) is 1. The van der Waals surface area contributed by atoms with E-state index in [0.717, 1.165) is 25.0 Å². The Labute approximate surface area is 126 Å². The van der Waals surface area contributed by atoms with Gasteiger partial charge in [0.05, 0.1) is 11.3 Å². The van der Waals surface area contributed by atoms with Crippen molar-refractivity contribution in [3.05, 3.63) is 35.4 Å². The van der Waals surface area contributed by atoms with Crippen molar-refractivity contribution in [1.82, 2.24) is 5.32 Å². The Balaban J connectivity index is 2.03. The predicted molar refractivity (Wildman–Crippen MR) is 74.7 cm³/mol. The van der Waals surface area contributed by atoms with E-state index in [1.165, 1.54) is 12.1 Å². The van der Waals surface area contributed by atoms with E-state index >= 15 is 0 Å². The molecule has 0 unspecified atom stereocenters. The first kappa shape index (κ1) is 16.8. The summed E-state index contributed by atoms with van der Waals surface area (Å²) >= 11 is 0. The van der Waals surface area contributed by atoms with Crippen LogP contribution in [0.5, 0.6) is 0 Å². The summed E-state index contributed by atoms with van der Waals surface area (Å²) in [6, 6.07) is 4.48. The molecule has 1 aromatic rings. The first-order valence-electron chi connectivity index (χ1n) is 6.79. The third kappa shape index (κ3) is 5.01. The predicted octanol–water partition coefficient (Wildman–Crippen LogP) is 2.15. The van der Waals surface area contributed by atoms with Gasteiger partial charge >= 0.3 is 6.18 Å². The lowest BCUT2D eigenvalue weighted by atomic mass is 10.1. The fourth-order valence-electron chi connectivity index (χ4n) is 2.04. The Bertz CT molecular complexity index is 652. The molecule has 1 aromatic carbocycles. The summed E-state index contributed by atoms with van der Waals surface area (Å²) in [4.78, 5) is 11.6. The van der Waals surface area contributed by atoms with Gasteiger partial charge in [-0.2, -0.15) is 13.2 Å². The van der Waals surface area contributed by atoms with E-state index in [1.54, 1.807) is 0 Å². The molecule has 0 bridgehead atoms. The largest absolute Gasteiger partial charge is 0.416 e. The topological polar surface area (TPSA) is 63.2 Å². The minimum atomic E-state index is -4.62. The van der Waals surface area contributed by atoms with Crippen LogP contribution in [0, 0.1) is 5.92 Å². The van der Waals surface area contributed by atoms with Gasteiger partial charge in [-0.3, -0.25) is 4.79 Å². The summed E-state index contributed by atoms with van der Waals surface area (Å²) in [6.45, 7) is 0.424. The third-order valence-electron chi connectivity index (χ3n) is 3.33. The van der Waals surface area contributed by atoms with E-state index in [9.17, 15) is 26.4 Å². The number of hydrogen-bond acceptors (Lipinski definition) is 3. The van der Waals surface area contributed by atoms with Gasteiger partial charge in [-0.05, 0) is 30.4 Å². The Morgan fingerprint density at radius 3 is 2.45 bits per heavy atom. The zero-order chi connectivity index (χ0) is 16.4. The van der Waals surface area contributed by atoms with E-state index < -0.39 is 39.0 Å². The van der Waals surface area contributed by atoms with Crippen LogP contribution in [0.2, 0.25) is 0 Å². The number of benzene rings is 1. The number of nitrogens with one attached hydrogen (secondary N) is 1. The van der Waals surface area contributed by atoms with Crippen LogP contribution in [0.3, 0.4) is 0 Å². The highest BCUT2D eigenvalue weighted by atomic mass is 32.2. The maximum atomic E-state index is 12.8. The molecule has 0 spiro atoms. The van der Waals surface area contributed by atoms with Crippen LogP contribution in [-0.4, -0.2) is 26.6 Å². The highest BCUT2D eigenvalue weighted by molar-refractivity contribution is 7.91. The first-order valence-corrected chi connectivity index (χ1v) is 8.62. The Hall–Kier alpha value is -1.57. The van der Waals surface area contributed by atoms with Gasteiger partial charge in [-0.25, -0.2) is 8.42 Å². The Morgan fingerprint density at radius 2 is 1.86 bits per heavy atom. The second-order valence-electron chi connectivity index (χ2n) is 5.43. The Morgan fingerprint density at radius 1 is 1.23 bits per heavy atom.